The molecule has 0 aromatic heterocycles. The lowest BCUT2D eigenvalue weighted by molar-refractivity contribution is -0.139. The van der Waals surface area contributed by atoms with Crippen molar-refractivity contribution in [3.05, 3.63) is 33.8 Å². The average Bonchev–Trinajstić information content (AvgIpc) is 2.34. The third-order valence-corrected chi connectivity index (χ3v) is 3.42. The third-order valence-electron chi connectivity index (χ3n) is 2.09. The lowest BCUT2D eigenvalue weighted by Crippen LogP contribution is -2.34. The summed E-state index contributed by atoms with van der Waals surface area (Å²) in [5, 5.41) is 3.05. The van der Waals surface area contributed by atoms with Crippen LogP contribution in [-0.4, -0.2) is 30.4 Å². The predicted molar refractivity (Wildman–Crippen MR) is 73.5 cm³/mol. The second-order valence-electron chi connectivity index (χ2n) is 3.30. The van der Waals surface area contributed by atoms with E-state index in [1.165, 1.54) is 7.11 Å². The Labute approximate surface area is 123 Å². The standard InChI is InChI=1S/C11H10BrCl2NO3/c1-18-11(17)6(12)5-15-10(16)9-7(13)3-2-4-8(9)14/h2-4,6H,5H2,1H3,(H,15,16). The van der Waals surface area contributed by atoms with Gasteiger partial charge in [0.05, 0.1) is 22.7 Å². The highest BCUT2D eigenvalue weighted by Crippen LogP contribution is 2.23. The summed E-state index contributed by atoms with van der Waals surface area (Å²) in [6.45, 7) is 0.0764. The molecule has 0 aliphatic carbocycles. The van der Waals surface area contributed by atoms with Crippen LogP contribution in [-0.2, 0) is 9.53 Å². The maximum absolute atomic E-state index is 11.8. The molecule has 0 aliphatic rings. The van der Waals surface area contributed by atoms with Crippen LogP contribution in [0, 0.1) is 0 Å². The van der Waals surface area contributed by atoms with E-state index in [1.54, 1.807) is 18.2 Å². The zero-order valence-corrected chi connectivity index (χ0v) is 12.5. The fourth-order valence-corrected chi connectivity index (χ4v) is 2.11. The van der Waals surface area contributed by atoms with Gasteiger partial charge in [0.2, 0.25) is 0 Å². The van der Waals surface area contributed by atoms with Crippen molar-refractivity contribution in [2.75, 3.05) is 13.7 Å². The van der Waals surface area contributed by atoms with E-state index < -0.39 is 16.7 Å². The first-order valence-corrected chi connectivity index (χ1v) is 6.58. The third kappa shape index (κ3) is 3.86. The van der Waals surface area contributed by atoms with Gasteiger partial charge in [-0.2, -0.15) is 0 Å². The number of halogens is 3. The maximum atomic E-state index is 11.8. The summed E-state index contributed by atoms with van der Waals surface area (Å²) in [7, 11) is 1.27. The first kappa shape index (κ1) is 15.3. The molecule has 18 heavy (non-hydrogen) atoms. The average molecular weight is 355 g/mol. The molecule has 1 amide bonds. The number of amides is 1. The smallest absolute Gasteiger partial charge is 0.321 e. The predicted octanol–water partition coefficient (Wildman–Crippen LogP) is 2.66. The van der Waals surface area contributed by atoms with Gasteiger partial charge in [-0.25, -0.2) is 0 Å². The van der Waals surface area contributed by atoms with Gasteiger partial charge < -0.3 is 10.1 Å². The van der Waals surface area contributed by atoms with Crippen LogP contribution >= 0.6 is 39.1 Å². The highest BCUT2D eigenvalue weighted by atomic mass is 79.9. The van der Waals surface area contributed by atoms with Crippen LogP contribution in [0.5, 0.6) is 0 Å². The Bertz CT molecular complexity index is 447. The summed E-state index contributed by atoms with van der Waals surface area (Å²) < 4.78 is 4.51. The molecule has 1 atom stereocenters. The summed E-state index contributed by atoms with van der Waals surface area (Å²) in [6, 6.07) is 4.77. The van der Waals surface area contributed by atoms with Gasteiger partial charge in [0.15, 0.2) is 0 Å². The second kappa shape index (κ2) is 6.97. The van der Waals surface area contributed by atoms with E-state index in [-0.39, 0.29) is 22.2 Å². The SMILES string of the molecule is COC(=O)C(Br)CNC(=O)c1c(Cl)cccc1Cl. The van der Waals surface area contributed by atoms with Crippen molar-refractivity contribution in [3.63, 3.8) is 0 Å². The largest absolute Gasteiger partial charge is 0.468 e. The molecule has 0 aliphatic heterocycles. The maximum Gasteiger partial charge on any atom is 0.321 e. The Morgan fingerprint density at radius 2 is 1.94 bits per heavy atom. The highest BCUT2D eigenvalue weighted by Gasteiger charge is 2.19. The minimum Gasteiger partial charge on any atom is -0.468 e. The number of benzene rings is 1. The molecule has 0 fully saturated rings. The van der Waals surface area contributed by atoms with Crippen LogP contribution in [0.3, 0.4) is 0 Å². The molecule has 1 rings (SSSR count). The molecule has 1 N–H and O–H groups in total. The molecule has 98 valence electrons. The van der Waals surface area contributed by atoms with Crippen molar-refractivity contribution in [1.29, 1.82) is 0 Å². The van der Waals surface area contributed by atoms with Gasteiger partial charge >= 0.3 is 5.97 Å². The molecule has 0 radical (unpaired) electrons. The van der Waals surface area contributed by atoms with Gasteiger partial charge in [0.25, 0.3) is 5.91 Å². The van der Waals surface area contributed by atoms with Crippen molar-refractivity contribution >= 4 is 51.0 Å². The van der Waals surface area contributed by atoms with Crippen molar-refractivity contribution in [3.8, 4) is 0 Å². The molecule has 7 heteroatoms. The minimum absolute atomic E-state index is 0.0764. The van der Waals surface area contributed by atoms with Gasteiger partial charge in [0.1, 0.15) is 4.83 Å². The normalized spacial score (nSPS) is 11.8. The van der Waals surface area contributed by atoms with Gasteiger partial charge in [-0.05, 0) is 12.1 Å². The number of alkyl halides is 1. The van der Waals surface area contributed by atoms with Gasteiger partial charge in [-0.15, -0.1) is 0 Å². The zero-order valence-electron chi connectivity index (χ0n) is 9.38. The highest BCUT2D eigenvalue weighted by molar-refractivity contribution is 9.10. The number of ether oxygens (including phenoxy) is 1. The number of esters is 1. The Morgan fingerprint density at radius 1 is 1.39 bits per heavy atom. The molecule has 0 saturated carbocycles. The van der Waals surface area contributed by atoms with Crippen molar-refractivity contribution in [1.82, 2.24) is 5.32 Å². The summed E-state index contributed by atoms with van der Waals surface area (Å²) in [6.07, 6.45) is 0. The van der Waals surface area contributed by atoms with Crippen LogP contribution in [0.25, 0.3) is 0 Å². The number of carbonyl (C=O) groups is 2. The molecule has 0 heterocycles. The molecule has 0 spiro atoms. The van der Waals surface area contributed by atoms with Crippen LogP contribution in [0.4, 0.5) is 0 Å². The fourth-order valence-electron chi connectivity index (χ4n) is 1.20. The number of hydrogen-bond donors (Lipinski definition) is 1. The molecular weight excluding hydrogens is 345 g/mol. The number of nitrogens with one attached hydrogen (secondary N) is 1. The van der Waals surface area contributed by atoms with Gasteiger partial charge in [-0.1, -0.05) is 45.2 Å². The molecule has 1 aromatic rings. The van der Waals surface area contributed by atoms with E-state index in [2.05, 4.69) is 26.0 Å². The number of rotatable bonds is 4. The Morgan fingerprint density at radius 3 is 2.44 bits per heavy atom. The summed E-state index contributed by atoms with van der Waals surface area (Å²) >= 11 is 14.8. The molecule has 4 nitrogen and oxygen atoms in total. The number of methoxy groups -OCH3 is 1. The van der Waals surface area contributed by atoms with Crippen molar-refractivity contribution in [2.45, 2.75) is 4.83 Å². The summed E-state index contributed by atoms with van der Waals surface area (Å²) in [4.78, 5) is 22.4. The summed E-state index contributed by atoms with van der Waals surface area (Å²) in [5.74, 6) is -0.917. The van der Waals surface area contributed by atoms with Crippen LogP contribution in [0.15, 0.2) is 18.2 Å². The lowest BCUT2D eigenvalue weighted by Gasteiger charge is -2.11. The molecular formula is C11H10BrCl2NO3. The number of hydrogen-bond acceptors (Lipinski definition) is 3. The van der Waals surface area contributed by atoms with Crippen molar-refractivity contribution < 1.29 is 14.3 Å². The molecule has 1 unspecified atom stereocenters. The van der Waals surface area contributed by atoms with Gasteiger partial charge in [-0.3, -0.25) is 9.59 Å². The monoisotopic (exact) mass is 353 g/mol. The Hall–Kier alpha value is -0.780. The van der Waals surface area contributed by atoms with Crippen LogP contribution < -0.4 is 5.32 Å². The first-order valence-electron chi connectivity index (χ1n) is 4.91. The Kier molecular flexibility index (Phi) is 5.91. The second-order valence-corrected chi connectivity index (χ2v) is 5.22. The van der Waals surface area contributed by atoms with E-state index >= 15 is 0 Å². The van der Waals surface area contributed by atoms with Crippen molar-refractivity contribution in [2.24, 2.45) is 0 Å². The van der Waals surface area contributed by atoms with Gasteiger partial charge in [0, 0.05) is 6.54 Å². The van der Waals surface area contributed by atoms with E-state index in [4.69, 9.17) is 23.2 Å². The quantitative estimate of drug-likeness (QED) is 0.668. The van der Waals surface area contributed by atoms with E-state index in [0.29, 0.717) is 0 Å². The first-order chi connectivity index (χ1) is 8.47. The fraction of sp³-hybridized carbons (Fsp3) is 0.273. The zero-order chi connectivity index (χ0) is 13.7. The van der Waals surface area contributed by atoms with E-state index in [9.17, 15) is 9.59 Å². The minimum atomic E-state index is -0.618. The molecule has 0 saturated heterocycles. The van der Waals surface area contributed by atoms with Crippen LogP contribution in [0.1, 0.15) is 10.4 Å². The van der Waals surface area contributed by atoms with E-state index in [0.717, 1.165) is 0 Å². The topological polar surface area (TPSA) is 55.4 Å². The number of carbonyl (C=O) groups excluding carboxylic acids is 2. The van der Waals surface area contributed by atoms with Crippen LogP contribution in [0.2, 0.25) is 10.0 Å². The molecule has 0 bridgehead atoms. The van der Waals surface area contributed by atoms with E-state index in [1.807, 2.05) is 0 Å². The Balaban J connectivity index is 2.69. The molecule has 1 aromatic carbocycles. The lowest BCUT2D eigenvalue weighted by atomic mass is 10.2. The summed E-state index contributed by atoms with van der Waals surface area (Å²) in [5.41, 5.74) is 0.186.